The fraction of sp³-hybridized carbons (Fsp3) is 0.588. The minimum Gasteiger partial charge on any atom is -0.354 e. The summed E-state index contributed by atoms with van der Waals surface area (Å²) in [5, 5.41) is 6.59. The molecule has 1 rings (SSSR count). The van der Waals surface area contributed by atoms with E-state index >= 15 is 0 Å². The van der Waals surface area contributed by atoms with Crippen molar-refractivity contribution in [2.24, 2.45) is 4.99 Å². The van der Waals surface area contributed by atoms with E-state index in [1.807, 2.05) is 6.07 Å². The summed E-state index contributed by atoms with van der Waals surface area (Å²) in [5.41, 5.74) is 0.882. The van der Waals surface area contributed by atoms with Crippen molar-refractivity contribution >= 4 is 40.0 Å². The van der Waals surface area contributed by atoms with Crippen molar-refractivity contribution in [3.8, 4) is 0 Å². The van der Waals surface area contributed by atoms with Crippen molar-refractivity contribution in [3.63, 3.8) is 0 Å². The van der Waals surface area contributed by atoms with E-state index in [0.717, 1.165) is 17.9 Å². The minimum absolute atomic E-state index is 0. The van der Waals surface area contributed by atoms with Gasteiger partial charge in [0.05, 0.1) is 4.90 Å². The molecule has 6 nitrogen and oxygen atoms in total. The van der Waals surface area contributed by atoms with Crippen LogP contribution in [0, 0.1) is 0 Å². The van der Waals surface area contributed by atoms with Gasteiger partial charge in [-0.25, -0.2) is 13.1 Å². The number of aliphatic imine (C=N–C) groups is 1. The van der Waals surface area contributed by atoms with Crippen molar-refractivity contribution < 1.29 is 8.42 Å². The van der Waals surface area contributed by atoms with Gasteiger partial charge in [0.25, 0.3) is 0 Å². The number of nitrogens with zero attached hydrogens (tertiary/aromatic N) is 1. The van der Waals surface area contributed by atoms with Crippen molar-refractivity contribution in [2.45, 2.75) is 57.0 Å². The quantitative estimate of drug-likeness (QED) is 0.219. The molecule has 0 aromatic heterocycles. The Kier molecular flexibility index (Phi) is 12.0. The average Bonchev–Trinajstić information content (AvgIpc) is 2.59. The van der Waals surface area contributed by atoms with E-state index < -0.39 is 10.0 Å². The highest BCUT2D eigenvalue weighted by Gasteiger charge is 2.11. The van der Waals surface area contributed by atoms with Gasteiger partial charge in [-0.3, -0.25) is 4.99 Å². The topological polar surface area (TPSA) is 82.6 Å². The van der Waals surface area contributed by atoms with Gasteiger partial charge < -0.3 is 10.6 Å². The molecule has 0 aliphatic heterocycles. The van der Waals surface area contributed by atoms with E-state index in [0.29, 0.717) is 12.6 Å². The molecule has 1 aromatic carbocycles. The van der Waals surface area contributed by atoms with Gasteiger partial charge in [-0.05, 0) is 38.1 Å². The first-order valence-corrected chi connectivity index (χ1v) is 9.91. The maximum absolute atomic E-state index is 11.9. The van der Waals surface area contributed by atoms with Gasteiger partial charge in [-0.1, -0.05) is 38.3 Å². The summed E-state index contributed by atoms with van der Waals surface area (Å²) in [5.74, 6) is 0.723. The van der Waals surface area contributed by atoms with Gasteiger partial charge >= 0.3 is 0 Å². The molecule has 0 fully saturated rings. The summed E-state index contributed by atoms with van der Waals surface area (Å²) >= 11 is 0. The number of hydrogen-bond donors (Lipinski definition) is 3. The summed E-state index contributed by atoms with van der Waals surface area (Å²) in [6.07, 6.45) is 4.76. The van der Waals surface area contributed by atoms with E-state index in [9.17, 15) is 8.42 Å². The molecule has 0 amide bonds. The Bertz CT molecular complexity index is 635. The molecular formula is C17H31IN4O2S. The third-order valence-electron chi connectivity index (χ3n) is 3.78. The Hall–Kier alpha value is -0.870. The van der Waals surface area contributed by atoms with Gasteiger partial charge in [0.2, 0.25) is 10.0 Å². The normalized spacial score (nSPS) is 13.0. The molecule has 0 aliphatic carbocycles. The van der Waals surface area contributed by atoms with Crippen LogP contribution in [-0.2, 0) is 16.6 Å². The molecule has 0 heterocycles. The Morgan fingerprint density at radius 1 is 1.28 bits per heavy atom. The molecule has 1 aromatic rings. The molecule has 0 saturated heterocycles. The largest absolute Gasteiger partial charge is 0.354 e. The maximum atomic E-state index is 11.9. The molecule has 3 N–H and O–H groups in total. The van der Waals surface area contributed by atoms with E-state index in [2.05, 4.69) is 34.2 Å². The third-order valence-corrected chi connectivity index (χ3v) is 5.20. The minimum atomic E-state index is -3.42. The zero-order valence-electron chi connectivity index (χ0n) is 15.5. The molecule has 25 heavy (non-hydrogen) atoms. The number of hydrogen-bond acceptors (Lipinski definition) is 3. The number of halogens is 1. The van der Waals surface area contributed by atoms with Crippen LogP contribution in [0.5, 0.6) is 0 Å². The Morgan fingerprint density at radius 3 is 2.60 bits per heavy atom. The van der Waals surface area contributed by atoms with Crippen LogP contribution >= 0.6 is 24.0 Å². The first kappa shape index (κ1) is 24.1. The van der Waals surface area contributed by atoms with Crippen LogP contribution in [0.15, 0.2) is 34.2 Å². The maximum Gasteiger partial charge on any atom is 0.240 e. The molecule has 0 saturated carbocycles. The van der Waals surface area contributed by atoms with Crippen LogP contribution in [-0.4, -0.2) is 34.5 Å². The SMILES string of the molecule is CCCCCC(C)NC(=NC)NCc1cccc(S(=O)(=O)NC)c1.I. The Balaban J connectivity index is 0.00000576. The highest BCUT2D eigenvalue weighted by atomic mass is 127. The van der Waals surface area contributed by atoms with E-state index in [-0.39, 0.29) is 28.9 Å². The lowest BCUT2D eigenvalue weighted by molar-refractivity contribution is 0.546. The summed E-state index contributed by atoms with van der Waals surface area (Å²) < 4.78 is 26.0. The lowest BCUT2D eigenvalue weighted by Crippen LogP contribution is -2.41. The zero-order valence-corrected chi connectivity index (χ0v) is 18.6. The highest BCUT2D eigenvalue weighted by Crippen LogP contribution is 2.11. The standard InChI is InChI=1S/C17H30N4O2S.HI/c1-5-6-7-9-14(2)21-17(18-3)20-13-15-10-8-11-16(12-15)24(22,23)19-4;/h8,10-12,14,19H,5-7,9,13H2,1-4H3,(H2,18,20,21);1H. The number of benzene rings is 1. The zero-order chi connectivity index (χ0) is 18.0. The predicted octanol–water partition coefficient (Wildman–Crippen LogP) is 2.85. The number of guanidine groups is 1. The number of sulfonamides is 1. The second kappa shape index (κ2) is 12.5. The monoisotopic (exact) mass is 482 g/mol. The van der Waals surface area contributed by atoms with Gasteiger partial charge in [-0.15, -0.1) is 24.0 Å². The van der Waals surface area contributed by atoms with Crippen LogP contribution in [0.2, 0.25) is 0 Å². The highest BCUT2D eigenvalue weighted by molar-refractivity contribution is 14.0. The Labute approximate surface area is 169 Å². The first-order chi connectivity index (χ1) is 11.4. The van der Waals surface area contributed by atoms with Crippen LogP contribution in [0.1, 0.15) is 45.1 Å². The number of rotatable bonds is 9. The predicted molar refractivity (Wildman–Crippen MR) is 115 cm³/mol. The summed E-state index contributed by atoms with van der Waals surface area (Å²) in [6, 6.07) is 7.22. The summed E-state index contributed by atoms with van der Waals surface area (Å²) in [6.45, 7) is 4.85. The van der Waals surface area contributed by atoms with E-state index in [1.54, 1.807) is 25.2 Å². The molecule has 0 bridgehead atoms. The van der Waals surface area contributed by atoms with Crippen LogP contribution in [0.4, 0.5) is 0 Å². The molecule has 1 unspecified atom stereocenters. The molecule has 0 spiro atoms. The number of nitrogens with one attached hydrogen (secondary N) is 3. The fourth-order valence-corrected chi connectivity index (χ4v) is 3.13. The van der Waals surface area contributed by atoms with Gasteiger partial charge in [0, 0.05) is 19.6 Å². The average molecular weight is 482 g/mol. The molecular weight excluding hydrogens is 451 g/mol. The first-order valence-electron chi connectivity index (χ1n) is 8.42. The second-order valence-electron chi connectivity index (χ2n) is 5.82. The van der Waals surface area contributed by atoms with Crippen molar-refractivity contribution in [3.05, 3.63) is 29.8 Å². The molecule has 8 heteroatoms. The van der Waals surface area contributed by atoms with Crippen LogP contribution in [0.3, 0.4) is 0 Å². The lowest BCUT2D eigenvalue weighted by Gasteiger charge is -2.18. The molecule has 144 valence electrons. The third kappa shape index (κ3) is 8.87. The lowest BCUT2D eigenvalue weighted by atomic mass is 10.1. The molecule has 1 atom stereocenters. The van der Waals surface area contributed by atoms with Crippen molar-refractivity contribution in [1.29, 1.82) is 0 Å². The van der Waals surface area contributed by atoms with Crippen molar-refractivity contribution in [2.75, 3.05) is 14.1 Å². The molecule has 0 aliphatic rings. The summed E-state index contributed by atoms with van der Waals surface area (Å²) in [4.78, 5) is 4.49. The smallest absolute Gasteiger partial charge is 0.240 e. The Morgan fingerprint density at radius 2 is 2.00 bits per heavy atom. The van der Waals surface area contributed by atoms with Crippen molar-refractivity contribution in [1.82, 2.24) is 15.4 Å². The van der Waals surface area contributed by atoms with Gasteiger partial charge in [0.1, 0.15) is 0 Å². The van der Waals surface area contributed by atoms with Gasteiger partial charge in [0.15, 0.2) is 5.96 Å². The van der Waals surface area contributed by atoms with E-state index in [4.69, 9.17) is 0 Å². The van der Waals surface area contributed by atoms with Gasteiger partial charge in [-0.2, -0.15) is 0 Å². The number of unbranched alkanes of at least 4 members (excludes halogenated alkanes) is 2. The van der Waals surface area contributed by atoms with Crippen LogP contribution in [0.25, 0.3) is 0 Å². The van der Waals surface area contributed by atoms with E-state index in [1.165, 1.54) is 26.3 Å². The fourth-order valence-electron chi connectivity index (χ4n) is 2.33. The van der Waals surface area contributed by atoms with Crippen LogP contribution < -0.4 is 15.4 Å². The molecule has 0 radical (unpaired) electrons. The second-order valence-corrected chi connectivity index (χ2v) is 7.71. The summed E-state index contributed by atoms with van der Waals surface area (Å²) in [7, 11) is -0.280.